The molecule has 3 heteroatoms. The maximum Gasteiger partial charge on any atom is 0.130 e. The van der Waals surface area contributed by atoms with Crippen LogP contribution >= 0.6 is 0 Å². The molecule has 0 saturated heterocycles. The van der Waals surface area contributed by atoms with Crippen LogP contribution < -0.4 is 10.1 Å². The summed E-state index contributed by atoms with van der Waals surface area (Å²) in [6, 6.07) is 12.2. The first-order valence-corrected chi connectivity index (χ1v) is 7.43. The molecule has 0 atom stereocenters. The van der Waals surface area contributed by atoms with Gasteiger partial charge in [0.25, 0.3) is 0 Å². The Hall–Kier alpha value is -1.87. The molecule has 2 aromatic rings. The fraction of sp³-hybridized carbons (Fsp3) is 0.389. The van der Waals surface area contributed by atoms with Gasteiger partial charge in [0.15, 0.2) is 0 Å². The van der Waals surface area contributed by atoms with E-state index >= 15 is 0 Å². The van der Waals surface area contributed by atoms with Gasteiger partial charge in [0.1, 0.15) is 11.5 Å². The third-order valence-corrected chi connectivity index (χ3v) is 3.90. The molecule has 0 unspecified atom stereocenters. The lowest BCUT2D eigenvalue weighted by atomic mass is 9.82. The number of hydrogen-bond donors (Lipinski definition) is 1. The zero-order valence-electron chi connectivity index (χ0n) is 13.3. The average molecular weight is 284 g/mol. The second-order valence-electron chi connectivity index (χ2n) is 5.88. The van der Waals surface area contributed by atoms with Crippen LogP contribution in [0.4, 0.5) is 0 Å². The molecule has 0 radical (unpaired) electrons. The molecule has 0 aliphatic carbocycles. The third-order valence-electron chi connectivity index (χ3n) is 3.90. The first-order valence-electron chi connectivity index (χ1n) is 7.43. The molecule has 3 nitrogen and oxygen atoms in total. The zero-order valence-corrected chi connectivity index (χ0v) is 13.3. The Bertz CT molecular complexity index is 576. The number of ether oxygens (including phenoxy) is 1. The summed E-state index contributed by atoms with van der Waals surface area (Å²) in [6.45, 7) is 7.47. The Morgan fingerprint density at radius 2 is 1.81 bits per heavy atom. The van der Waals surface area contributed by atoms with E-state index in [-0.39, 0.29) is 5.41 Å². The summed E-state index contributed by atoms with van der Waals surface area (Å²) < 4.78 is 5.90. The van der Waals surface area contributed by atoms with E-state index in [0.29, 0.717) is 0 Å². The maximum atomic E-state index is 5.90. The number of aromatic nitrogens is 1. The average Bonchev–Trinajstić information content (AvgIpc) is 2.48. The highest BCUT2D eigenvalue weighted by Gasteiger charge is 2.17. The van der Waals surface area contributed by atoms with Crippen LogP contribution in [0.3, 0.4) is 0 Å². The number of nitrogens with one attached hydrogen (secondary N) is 1. The van der Waals surface area contributed by atoms with Crippen molar-refractivity contribution < 1.29 is 4.74 Å². The van der Waals surface area contributed by atoms with Crippen LogP contribution in [0.15, 0.2) is 42.6 Å². The largest absolute Gasteiger partial charge is 0.457 e. The van der Waals surface area contributed by atoms with Crippen molar-refractivity contribution >= 4 is 0 Å². The van der Waals surface area contributed by atoms with E-state index in [1.54, 1.807) is 6.20 Å². The van der Waals surface area contributed by atoms with Crippen LogP contribution in [0, 0.1) is 0 Å². The molecule has 1 N–H and O–H groups in total. The smallest absolute Gasteiger partial charge is 0.130 e. The quantitative estimate of drug-likeness (QED) is 0.859. The van der Waals surface area contributed by atoms with Crippen LogP contribution in [0.2, 0.25) is 0 Å². The molecule has 0 bridgehead atoms. The minimum absolute atomic E-state index is 0.204. The van der Waals surface area contributed by atoms with Gasteiger partial charge in [0.2, 0.25) is 0 Å². The molecule has 0 spiro atoms. The van der Waals surface area contributed by atoms with Gasteiger partial charge < -0.3 is 10.1 Å². The van der Waals surface area contributed by atoms with E-state index in [0.717, 1.165) is 30.2 Å². The van der Waals surface area contributed by atoms with Gasteiger partial charge in [-0.05, 0) is 42.6 Å². The Morgan fingerprint density at radius 1 is 1.10 bits per heavy atom. The van der Waals surface area contributed by atoms with Gasteiger partial charge in [-0.2, -0.15) is 0 Å². The molecular weight excluding hydrogens is 260 g/mol. The molecular formula is C18H24N2O. The van der Waals surface area contributed by atoms with Crippen molar-refractivity contribution in [2.75, 3.05) is 7.05 Å². The van der Waals surface area contributed by atoms with Crippen LogP contribution in [0.25, 0.3) is 0 Å². The molecule has 0 fully saturated rings. The second kappa shape index (κ2) is 6.72. The standard InChI is InChI=1S/C18H24N2O/c1-5-18(2,3)14-6-8-16(9-7-14)21-17-10-11-20-15(12-17)13-19-4/h6-12,19H,5,13H2,1-4H3. The van der Waals surface area contributed by atoms with E-state index in [1.807, 2.05) is 31.3 Å². The summed E-state index contributed by atoms with van der Waals surface area (Å²) in [4.78, 5) is 4.29. The molecule has 0 amide bonds. The topological polar surface area (TPSA) is 34.1 Å². The van der Waals surface area contributed by atoms with Gasteiger partial charge in [-0.15, -0.1) is 0 Å². The highest BCUT2D eigenvalue weighted by Crippen LogP contribution is 2.29. The van der Waals surface area contributed by atoms with Gasteiger partial charge in [-0.25, -0.2) is 0 Å². The summed E-state index contributed by atoms with van der Waals surface area (Å²) >= 11 is 0. The van der Waals surface area contributed by atoms with Crippen LogP contribution in [-0.4, -0.2) is 12.0 Å². The SMILES string of the molecule is CCC(C)(C)c1ccc(Oc2ccnc(CNC)c2)cc1. The fourth-order valence-corrected chi connectivity index (χ4v) is 2.11. The van der Waals surface area contributed by atoms with Gasteiger partial charge in [-0.3, -0.25) is 4.98 Å². The predicted molar refractivity (Wildman–Crippen MR) is 86.8 cm³/mol. The molecule has 2 rings (SSSR count). The van der Waals surface area contributed by atoms with Gasteiger partial charge in [0, 0.05) is 18.8 Å². The molecule has 1 aromatic heterocycles. The van der Waals surface area contributed by atoms with Gasteiger partial charge in [-0.1, -0.05) is 32.9 Å². The van der Waals surface area contributed by atoms with Crippen molar-refractivity contribution in [3.63, 3.8) is 0 Å². The van der Waals surface area contributed by atoms with Crippen molar-refractivity contribution in [2.45, 2.75) is 39.2 Å². The third kappa shape index (κ3) is 4.05. The van der Waals surface area contributed by atoms with E-state index in [2.05, 4.69) is 43.2 Å². The van der Waals surface area contributed by atoms with E-state index in [4.69, 9.17) is 4.74 Å². The van der Waals surface area contributed by atoms with Crippen LogP contribution in [0.1, 0.15) is 38.4 Å². The number of hydrogen-bond acceptors (Lipinski definition) is 3. The number of pyridine rings is 1. The minimum Gasteiger partial charge on any atom is -0.457 e. The molecule has 1 aromatic carbocycles. The Morgan fingerprint density at radius 3 is 2.43 bits per heavy atom. The van der Waals surface area contributed by atoms with E-state index < -0.39 is 0 Å². The highest BCUT2D eigenvalue weighted by atomic mass is 16.5. The highest BCUT2D eigenvalue weighted by molar-refractivity contribution is 5.35. The molecule has 112 valence electrons. The first-order chi connectivity index (χ1) is 10.0. The van der Waals surface area contributed by atoms with Gasteiger partial charge >= 0.3 is 0 Å². The maximum absolute atomic E-state index is 5.90. The van der Waals surface area contributed by atoms with Crippen molar-refractivity contribution in [3.05, 3.63) is 53.9 Å². The van der Waals surface area contributed by atoms with E-state index in [9.17, 15) is 0 Å². The lowest BCUT2D eigenvalue weighted by Gasteiger charge is -2.23. The van der Waals surface area contributed by atoms with Crippen molar-refractivity contribution in [1.29, 1.82) is 0 Å². The lowest BCUT2D eigenvalue weighted by molar-refractivity contribution is 0.476. The fourth-order valence-electron chi connectivity index (χ4n) is 2.11. The van der Waals surface area contributed by atoms with Crippen LogP contribution in [-0.2, 0) is 12.0 Å². The second-order valence-corrected chi connectivity index (χ2v) is 5.88. The summed E-state index contributed by atoms with van der Waals surface area (Å²) in [5.74, 6) is 1.67. The Labute approximate surface area is 127 Å². The summed E-state index contributed by atoms with van der Waals surface area (Å²) in [5.41, 5.74) is 2.51. The number of nitrogens with zero attached hydrogens (tertiary/aromatic N) is 1. The zero-order chi connectivity index (χ0) is 15.3. The predicted octanol–water partition coefficient (Wildman–Crippen LogP) is 4.28. The summed E-state index contributed by atoms with van der Waals surface area (Å²) in [6.07, 6.45) is 2.89. The normalized spacial score (nSPS) is 11.4. The molecule has 0 saturated carbocycles. The van der Waals surface area contributed by atoms with Crippen molar-refractivity contribution in [1.82, 2.24) is 10.3 Å². The van der Waals surface area contributed by atoms with Gasteiger partial charge in [0.05, 0.1) is 5.69 Å². The Balaban J connectivity index is 2.11. The summed E-state index contributed by atoms with van der Waals surface area (Å²) in [5, 5.41) is 3.09. The number of rotatable bonds is 6. The van der Waals surface area contributed by atoms with Crippen LogP contribution in [0.5, 0.6) is 11.5 Å². The monoisotopic (exact) mass is 284 g/mol. The van der Waals surface area contributed by atoms with Crippen molar-refractivity contribution in [2.24, 2.45) is 0 Å². The molecule has 0 aliphatic heterocycles. The summed E-state index contributed by atoms with van der Waals surface area (Å²) in [7, 11) is 1.91. The first kappa shape index (κ1) is 15.5. The number of benzene rings is 1. The molecule has 21 heavy (non-hydrogen) atoms. The molecule has 0 aliphatic rings. The Kier molecular flexibility index (Phi) is 4.97. The minimum atomic E-state index is 0.204. The van der Waals surface area contributed by atoms with Crippen molar-refractivity contribution in [3.8, 4) is 11.5 Å². The molecule has 1 heterocycles. The van der Waals surface area contributed by atoms with E-state index in [1.165, 1.54) is 5.56 Å². The lowest BCUT2D eigenvalue weighted by Crippen LogP contribution is -2.14.